The summed E-state index contributed by atoms with van der Waals surface area (Å²) < 4.78 is 6.00. The van der Waals surface area contributed by atoms with Gasteiger partial charge in [-0.15, -0.1) is 0 Å². The fourth-order valence-electron chi connectivity index (χ4n) is 5.69. The highest BCUT2D eigenvalue weighted by Crippen LogP contribution is 2.55. The van der Waals surface area contributed by atoms with Crippen molar-refractivity contribution in [1.82, 2.24) is 5.32 Å². The van der Waals surface area contributed by atoms with E-state index in [4.69, 9.17) is 4.74 Å². The number of aliphatic hydroxyl groups excluding tert-OH is 2. The Balaban J connectivity index is 1.69. The van der Waals surface area contributed by atoms with Gasteiger partial charge < -0.3 is 20.3 Å². The quantitative estimate of drug-likeness (QED) is 0.552. The molecule has 0 saturated heterocycles. The average Bonchev–Trinajstić information content (AvgIpc) is 3.04. The smallest absolute Gasteiger partial charge is 0.246 e. The Hall–Kier alpha value is -1.69. The van der Waals surface area contributed by atoms with Crippen LogP contribution in [0.4, 0.5) is 0 Å². The molecule has 3 aliphatic rings. The van der Waals surface area contributed by atoms with E-state index >= 15 is 0 Å². The zero-order chi connectivity index (χ0) is 23.7. The highest BCUT2D eigenvalue weighted by atomic mass is 16.5. The molecule has 2 fully saturated rings. The van der Waals surface area contributed by atoms with Crippen LogP contribution in [0.2, 0.25) is 0 Å². The first-order chi connectivity index (χ1) is 14.9. The largest absolute Gasteiger partial charge is 0.393 e. The third kappa shape index (κ3) is 5.62. The van der Waals surface area contributed by atoms with Crippen LogP contribution < -0.4 is 5.32 Å². The molecule has 5 heteroatoms. The lowest BCUT2D eigenvalue weighted by atomic mass is 9.63. The zero-order valence-corrected chi connectivity index (χ0v) is 20.4. The maximum absolute atomic E-state index is 12.2. The fourth-order valence-corrected chi connectivity index (χ4v) is 5.69. The normalized spacial score (nSPS) is 34.4. The van der Waals surface area contributed by atoms with Crippen molar-refractivity contribution < 1.29 is 19.7 Å². The Labute approximate surface area is 193 Å². The van der Waals surface area contributed by atoms with Crippen molar-refractivity contribution in [1.29, 1.82) is 0 Å². The molecule has 0 spiro atoms. The first kappa shape index (κ1) is 24.9. The Morgan fingerprint density at radius 1 is 1.38 bits per heavy atom. The number of ether oxygens (including phenoxy) is 1. The minimum absolute atomic E-state index is 0.0328. The van der Waals surface area contributed by atoms with Gasteiger partial charge in [-0.1, -0.05) is 37.3 Å². The second-order valence-corrected chi connectivity index (χ2v) is 11.0. The van der Waals surface area contributed by atoms with Gasteiger partial charge in [-0.05, 0) is 87.9 Å². The van der Waals surface area contributed by atoms with Gasteiger partial charge in [-0.2, -0.15) is 0 Å². The molecular weight excluding hydrogens is 402 g/mol. The molecule has 3 rings (SSSR count). The van der Waals surface area contributed by atoms with Crippen molar-refractivity contribution in [3.8, 4) is 0 Å². The molecule has 1 unspecified atom stereocenters. The van der Waals surface area contributed by atoms with Crippen LogP contribution in [0.3, 0.4) is 0 Å². The third-order valence-electron chi connectivity index (χ3n) is 7.29. The van der Waals surface area contributed by atoms with E-state index < -0.39 is 12.2 Å². The number of aliphatic hydroxyl groups is 2. The Morgan fingerprint density at radius 2 is 2.09 bits per heavy atom. The van der Waals surface area contributed by atoms with Gasteiger partial charge in [0.05, 0.1) is 18.3 Å². The fraction of sp³-hybridized carbons (Fsp3) is 0.667. The molecular formula is C27H41NO4. The van der Waals surface area contributed by atoms with Gasteiger partial charge in [0.25, 0.3) is 0 Å². The summed E-state index contributed by atoms with van der Waals surface area (Å²) in [5.74, 6) is 0.335. The van der Waals surface area contributed by atoms with E-state index in [2.05, 4.69) is 44.0 Å². The predicted octanol–water partition coefficient (Wildman–Crippen LogP) is 4.37. The molecule has 0 heterocycles. The molecule has 0 aromatic rings. The lowest BCUT2D eigenvalue weighted by Gasteiger charge is -2.42. The van der Waals surface area contributed by atoms with Crippen LogP contribution in [0.1, 0.15) is 73.1 Å². The van der Waals surface area contributed by atoms with Crippen molar-refractivity contribution in [2.24, 2.45) is 11.3 Å². The van der Waals surface area contributed by atoms with Gasteiger partial charge in [0, 0.05) is 12.0 Å². The van der Waals surface area contributed by atoms with Crippen molar-refractivity contribution in [2.45, 2.75) is 97.0 Å². The molecule has 0 radical (unpaired) electrons. The van der Waals surface area contributed by atoms with Gasteiger partial charge in [-0.25, -0.2) is 0 Å². The molecule has 32 heavy (non-hydrogen) atoms. The molecule has 5 atom stereocenters. The number of nitrogens with one attached hydrogen (secondary N) is 1. The number of amides is 1. The van der Waals surface area contributed by atoms with Gasteiger partial charge >= 0.3 is 0 Å². The summed E-state index contributed by atoms with van der Waals surface area (Å²) in [6.45, 7) is 14.4. The van der Waals surface area contributed by atoms with Crippen LogP contribution in [0, 0.1) is 11.3 Å². The summed E-state index contributed by atoms with van der Waals surface area (Å²) in [5, 5.41) is 23.1. The third-order valence-corrected chi connectivity index (χ3v) is 7.29. The topological polar surface area (TPSA) is 78.8 Å². The molecule has 0 bridgehead atoms. The first-order valence-electron chi connectivity index (χ1n) is 12.0. The molecule has 3 N–H and O–H groups in total. The molecule has 3 aliphatic carbocycles. The number of hydrogen-bond donors (Lipinski definition) is 3. The molecule has 0 aromatic carbocycles. The highest BCUT2D eigenvalue weighted by molar-refractivity contribution is 5.77. The van der Waals surface area contributed by atoms with Crippen LogP contribution in [-0.4, -0.2) is 46.6 Å². The highest BCUT2D eigenvalue weighted by Gasteiger charge is 2.46. The van der Waals surface area contributed by atoms with Crippen LogP contribution in [0.25, 0.3) is 0 Å². The van der Waals surface area contributed by atoms with Gasteiger partial charge in [0.15, 0.2) is 0 Å². The van der Waals surface area contributed by atoms with Crippen molar-refractivity contribution in [3.05, 3.63) is 47.1 Å². The second kappa shape index (κ2) is 9.66. The standard InChI is InChI=1S/C27H41NO4/c1-17-20(14-21(29)15-24(17)30)10-9-19-8-7-13-27(6)22(11-12-23(19)27)18(2)32-16-25(31)28-26(3,4)5/h9-11,18,21,23-24,29-30H,1,7-8,12-16H2,2-6H3,(H,28,31)/b19-9+,20-10-/t18?,21-,23+,24+,27-/m1/s1. The number of carbonyl (C=O) groups excluding carboxylic acids is 1. The summed E-state index contributed by atoms with van der Waals surface area (Å²) in [6, 6.07) is 0. The van der Waals surface area contributed by atoms with E-state index in [1.54, 1.807) is 0 Å². The number of allylic oxidation sites excluding steroid dienone is 4. The Kier molecular flexibility index (Phi) is 7.53. The van der Waals surface area contributed by atoms with Gasteiger partial charge in [0.2, 0.25) is 5.91 Å². The lowest BCUT2D eigenvalue weighted by Crippen LogP contribution is -2.43. The molecule has 2 saturated carbocycles. The second-order valence-electron chi connectivity index (χ2n) is 11.0. The molecule has 178 valence electrons. The summed E-state index contributed by atoms with van der Waals surface area (Å²) in [5.41, 5.74) is 4.16. The van der Waals surface area contributed by atoms with Crippen LogP contribution in [0.15, 0.2) is 47.1 Å². The molecule has 0 aliphatic heterocycles. The summed E-state index contributed by atoms with van der Waals surface area (Å²) in [6.07, 6.45) is 10.5. The van der Waals surface area contributed by atoms with Crippen molar-refractivity contribution >= 4 is 5.91 Å². The van der Waals surface area contributed by atoms with Crippen LogP contribution in [-0.2, 0) is 9.53 Å². The minimum Gasteiger partial charge on any atom is -0.393 e. The first-order valence-corrected chi connectivity index (χ1v) is 12.0. The van der Waals surface area contributed by atoms with Crippen LogP contribution in [0.5, 0.6) is 0 Å². The Bertz CT molecular complexity index is 831. The van der Waals surface area contributed by atoms with Crippen LogP contribution >= 0.6 is 0 Å². The van der Waals surface area contributed by atoms with Crippen molar-refractivity contribution in [2.75, 3.05) is 6.61 Å². The molecule has 5 nitrogen and oxygen atoms in total. The van der Waals surface area contributed by atoms with Gasteiger partial charge in [-0.3, -0.25) is 4.79 Å². The molecule has 1 amide bonds. The predicted molar refractivity (Wildman–Crippen MR) is 128 cm³/mol. The minimum atomic E-state index is -0.659. The van der Waals surface area contributed by atoms with E-state index in [-0.39, 0.29) is 29.6 Å². The maximum atomic E-state index is 12.2. The summed E-state index contributed by atoms with van der Waals surface area (Å²) in [4.78, 5) is 12.2. The number of rotatable bonds is 5. The number of carbonyl (C=O) groups is 1. The summed E-state index contributed by atoms with van der Waals surface area (Å²) >= 11 is 0. The van der Waals surface area contributed by atoms with Gasteiger partial charge in [0.1, 0.15) is 6.61 Å². The number of hydrogen-bond acceptors (Lipinski definition) is 4. The average molecular weight is 444 g/mol. The SMILES string of the molecule is C=C1/C(=C\C=C2/CCC[C@]3(C)C(C(C)OCC(=O)NC(C)(C)C)=CC[C@@H]23)C[C@@H](O)C[C@@H]1O. The van der Waals surface area contributed by atoms with E-state index in [1.165, 1.54) is 11.1 Å². The summed E-state index contributed by atoms with van der Waals surface area (Å²) in [7, 11) is 0. The lowest BCUT2D eigenvalue weighted by molar-refractivity contribution is -0.128. The van der Waals surface area contributed by atoms with Crippen molar-refractivity contribution in [3.63, 3.8) is 0 Å². The monoisotopic (exact) mass is 443 g/mol. The van der Waals surface area contributed by atoms with E-state index in [0.29, 0.717) is 18.8 Å². The van der Waals surface area contributed by atoms with E-state index in [1.807, 2.05) is 20.8 Å². The van der Waals surface area contributed by atoms with E-state index in [0.717, 1.165) is 36.8 Å². The van der Waals surface area contributed by atoms with E-state index in [9.17, 15) is 15.0 Å². The maximum Gasteiger partial charge on any atom is 0.246 e. The molecule has 0 aromatic heterocycles. The zero-order valence-electron chi connectivity index (χ0n) is 20.4. The Morgan fingerprint density at radius 3 is 2.78 bits per heavy atom. The number of fused-ring (bicyclic) bond motifs is 1.